The molecule has 1 atom stereocenters. The topological polar surface area (TPSA) is 58.4 Å². The lowest BCUT2D eigenvalue weighted by molar-refractivity contribution is -0.147. The molecule has 1 aromatic heterocycles. The summed E-state index contributed by atoms with van der Waals surface area (Å²) in [6.45, 7) is 5.11. The largest absolute Gasteiger partial charge is 0.481 e. The van der Waals surface area contributed by atoms with Gasteiger partial charge in [0.2, 0.25) is 0 Å². The molecule has 5 nitrogen and oxygen atoms in total. The first-order valence-corrected chi connectivity index (χ1v) is 5.52. The summed E-state index contributed by atoms with van der Waals surface area (Å²) in [5.41, 5.74) is -0.561. The van der Waals surface area contributed by atoms with Gasteiger partial charge in [0.1, 0.15) is 0 Å². The first kappa shape index (κ1) is 11.1. The number of rotatable bonds is 4. The Morgan fingerprint density at radius 3 is 2.94 bits per heavy atom. The third-order valence-corrected chi connectivity index (χ3v) is 3.30. The quantitative estimate of drug-likeness (QED) is 0.815. The molecular formula is C11H17N3O2. The van der Waals surface area contributed by atoms with Gasteiger partial charge in [-0.1, -0.05) is 0 Å². The van der Waals surface area contributed by atoms with Gasteiger partial charge in [-0.2, -0.15) is 0 Å². The molecule has 0 amide bonds. The molecular weight excluding hydrogens is 206 g/mol. The minimum absolute atomic E-state index is 0.561. The Morgan fingerprint density at radius 1 is 1.56 bits per heavy atom. The van der Waals surface area contributed by atoms with Crippen LogP contribution in [-0.2, 0) is 11.3 Å². The lowest BCUT2D eigenvalue weighted by Crippen LogP contribution is -2.33. The molecule has 0 bridgehead atoms. The average Bonchev–Trinajstić information content (AvgIpc) is 2.85. The van der Waals surface area contributed by atoms with Gasteiger partial charge in [-0.15, -0.1) is 0 Å². The fraction of sp³-hybridized carbons (Fsp3) is 0.636. The maximum atomic E-state index is 11.1. The Morgan fingerprint density at radius 2 is 2.38 bits per heavy atom. The standard InChI is InChI=1S/C11H17N3O2/c1-11(10(15)16)2-4-13(8-11)6-7-14-5-3-12-9-14/h3,5,9H,2,4,6-8H2,1H3,(H,15,16). The molecule has 0 spiro atoms. The summed E-state index contributed by atoms with van der Waals surface area (Å²) in [5.74, 6) is -0.683. The van der Waals surface area contributed by atoms with E-state index in [0.717, 1.165) is 26.1 Å². The second-order valence-electron chi connectivity index (χ2n) is 4.69. The number of nitrogens with zero attached hydrogens (tertiary/aromatic N) is 3. The van der Waals surface area contributed by atoms with E-state index in [9.17, 15) is 4.79 Å². The highest BCUT2D eigenvalue weighted by Gasteiger charge is 2.39. The molecule has 1 aliphatic heterocycles. The second-order valence-corrected chi connectivity index (χ2v) is 4.69. The van der Waals surface area contributed by atoms with Crippen molar-refractivity contribution in [1.29, 1.82) is 0 Å². The number of carbonyl (C=O) groups is 1. The Hall–Kier alpha value is -1.36. The van der Waals surface area contributed by atoms with Crippen molar-refractivity contribution in [2.75, 3.05) is 19.6 Å². The number of carboxylic acids is 1. The summed E-state index contributed by atoms with van der Waals surface area (Å²) in [7, 11) is 0. The predicted molar refractivity (Wildman–Crippen MR) is 59.0 cm³/mol. The zero-order valence-electron chi connectivity index (χ0n) is 9.46. The Kier molecular flexibility index (Phi) is 2.96. The summed E-state index contributed by atoms with van der Waals surface area (Å²) < 4.78 is 2.01. The smallest absolute Gasteiger partial charge is 0.310 e. The molecule has 0 aromatic carbocycles. The van der Waals surface area contributed by atoms with E-state index in [2.05, 4.69) is 9.88 Å². The molecule has 16 heavy (non-hydrogen) atoms. The van der Waals surface area contributed by atoms with E-state index < -0.39 is 11.4 Å². The molecule has 0 saturated carbocycles. The highest BCUT2D eigenvalue weighted by Crippen LogP contribution is 2.29. The number of aromatic nitrogens is 2. The Bertz CT molecular complexity index is 363. The van der Waals surface area contributed by atoms with Crippen LogP contribution in [0.4, 0.5) is 0 Å². The van der Waals surface area contributed by atoms with Crippen LogP contribution in [0.3, 0.4) is 0 Å². The number of likely N-dealkylation sites (tertiary alicyclic amines) is 1. The third kappa shape index (κ3) is 2.24. The van der Waals surface area contributed by atoms with Crippen molar-refractivity contribution >= 4 is 5.97 Å². The van der Waals surface area contributed by atoms with Crippen molar-refractivity contribution in [2.45, 2.75) is 19.9 Å². The van der Waals surface area contributed by atoms with Crippen LogP contribution in [0, 0.1) is 5.41 Å². The molecule has 2 rings (SSSR count). The fourth-order valence-electron chi connectivity index (χ4n) is 2.10. The van der Waals surface area contributed by atoms with Crippen molar-refractivity contribution in [1.82, 2.24) is 14.5 Å². The van der Waals surface area contributed by atoms with Crippen LogP contribution in [0.2, 0.25) is 0 Å². The monoisotopic (exact) mass is 223 g/mol. The molecule has 0 aliphatic carbocycles. The van der Waals surface area contributed by atoms with Crippen molar-refractivity contribution in [3.8, 4) is 0 Å². The molecule has 88 valence electrons. The number of imidazole rings is 1. The van der Waals surface area contributed by atoms with Gasteiger partial charge in [0.05, 0.1) is 11.7 Å². The number of carboxylic acid groups (broad SMARTS) is 1. The summed E-state index contributed by atoms with van der Waals surface area (Å²) in [5, 5.41) is 9.10. The van der Waals surface area contributed by atoms with Crippen LogP contribution in [0.25, 0.3) is 0 Å². The Balaban J connectivity index is 1.83. The zero-order valence-corrected chi connectivity index (χ0v) is 9.46. The van der Waals surface area contributed by atoms with Crippen LogP contribution < -0.4 is 0 Å². The van der Waals surface area contributed by atoms with E-state index in [1.165, 1.54) is 0 Å². The summed E-state index contributed by atoms with van der Waals surface area (Å²) in [6.07, 6.45) is 6.20. The van der Waals surface area contributed by atoms with Gasteiger partial charge in [0.15, 0.2) is 0 Å². The molecule has 1 N–H and O–H groups in total. The average molecular weight is 223 g/mol. The number of hydrogen-bond donors (Lipinski definition) is 1. The van der Waals surface area contributed by atoms with Gasteiger partial charge in [0.25, 0.3) is 0 Å². The normalized spacial score (nSPS) is 26.1. The first-order valence-electron chi connectivity index (χ1n) is 5.52. The van der Waals surface area contributed by atoms with Gasteiger partial charge >= 0.3 is 5.97 Å². The van der Waals surface area contributed by atoms with E-state index >= 15 is 0 Å². The maximum absolute atomic E-state index is 11.1. The van der Waals surface area contributed by atoms with Crippen molar-refractivity contribution in [2.24, 2.45) is 5.41 Å². The number of hydrogen-bond acceptors (Lipinski definition) is 3. The Labute approximate surface area is 94.7 Å². The van der Waals surface area contributed by atoms with E-state index in [4.69, 9.17) is 5.11 Å². The van der Waals surface area contributed by atoms with E-state index in [1.807, 2.05) is 17.7 Å². The SMILES string of the molecule is CC1(C(=O)O)CCN(CCn2ccnc2)C1. The lowest BCUT2D eigenvalue weighted by atomic mass is 9.90. The minimum atomic E-state index is -0.683. The van der Waals surface area contributed by atoms with Crippen molar-refractivity contribution < 1.29 is 9.90 Å². The highest BCUT2D eigenvalue weighted by molar-refractivity contribution is 5.74. The molecule has 1 aromatic rings. The highest BCUT2D eigenvalue weighted by atomic mass is 16.4. The second kappa shape index (κ2) is 4.25. The number of aliphatic carboxylic acids is 1. The van der Waals surface area contributed by atoms with E-state index in [0.29, 0.717) is 6.54 Å². The van der Waals surface area contributed by atoms with Crippen LogP contribution >= 0.6 is 0 Å². The summed E-state index contributed by atoms with van der Waals surface area (Å²) in [4.78, 5) is 17.2. The van der Waals surface area contributed by atoms with E-state index in [-0.39, 0.29) is 0 Å². The summed E-state index contributed by atoms with van der Waals surface area (Å²) >= 11 is 0. The molecule has 2 heterocycles. The first-order chi connectivity index (χ1) is 7.60. The van der Waals surface area contributed by atoms with Gasteiger partial charge in [-0.25, -0.2) is 4.98 Å². The van der Waals surface area contributed by atoms with Crippen LogP contribution in [0.1, 0.15) is 13.3 Å². The molecule has 0 radical (unpaired) electrons. The third-order valence-electron chi connectivity index (χ3n) is 3.30. The molecule has 1 fully saturated rings. The van der Waals surface area contributed by atoms with Crippen LogP contribution in [0.15, 0.2) is 18.7 Å². The van der Waals surface area contributed by atoms with Crippen LogP contribution in [0.5, 0.6) is 0 Å². The fourth-order valence-corrected chi connectivity index (χ4v) is 2.10. The van der Waals surface area contributed by atoms with Crippen LogP contribution in [-0.4, -0.2) is 45.2 Å². The van der Waals surface area contributed by atoms with Crippen molar-refractivity contribution in [3.63, 3.8) is 0 Å². The van der Waals surface area contributed by atoms with E-state index in [1.54, 1.807) is 12.5 Å². The van der Waals surface area contributed by atoms with Gasteiger partial charge in [0, 0.05) is 32.0 Å². The van der Waals surface area contributed by atoms with Gasteiger partial charge in [-0.3, -0.25) is 4.79 Å². The van der Waals surface area contributed by atoms with Gasteiger partial charge in [-0.05, 0) is 19.9 Å². The molecule has 1 saturated heterocycles. The zero-order chi connectivity index (χ0) is 11.6. The predicted octanol–water partition coefficient (Wildman–Crippen LogP) is 0.680. The lowest BCUT2D eigenvalue weighted by Gasteiger charge is -2.20. The van der Waals surface area contributed by atoms with Crippen molar-refractivity contribution in [3.05, 3.63) is 18.7 Å². The maximum Gasteiger partial charge on any atom is 0.310 e. The minimum Gasteiger partial charge on any atom is -0.481 e. The molecule has 1 unspecified atom stereocenters. The molecule has 1 aliphatic rings. The summed E-state index contributed by atoms with van der Waals surface area (Å²) in [6, 6.07) is 0. The van der Waals surface area contributed by atoms with Gasteiger partial charge < -0.3 is 14.6 Å². The molecule has 5 heteroatoms.